The second-order valence-electron chi connectivity index (χ2n) is 6.87. The Morgan fingerprint density at radius 3 is 2.29 bits per heavy atom. The lowest BCUT2D eigenvalue weighted by Crippen LogP contribution is -2.24. The molecule has 2 rings (SSSR count). The van der Waals surface area contributed by atoms with Crippen molar-refractivity contribution in [1.82, 2.24) is 0 Å². The molecule has 0 aliphatic heterocycles. The van der Waals surface area contributed by atoms with Gasteiger partial charge in [-0.25, -0.2) is 9.59 Å². The minimum absolute atomic E-state index is 0.0596. The number of aliphatic imine (C=N–C) groups is 1. The van der Waals surface area contributed by atoms with Crippen molar-refractivity contribution in [3.63, 3.8) is 0 Å². The number of esters is 1. The van der Waals surface area contributed by atoms with Crippen LogP contribution in [0.1, 0.15) is 25.0 Å². The number of rotatable bonds is 9. The van der Waals surface area contributed by atoms with Crippen LogP contribution in [0.15, 0.2) is 47.5 Å². The van der Waals surface area contributed by atoms with Crippen LogP contribution in [0.2, 0.25) is 5.02 Å². The van der Waals surface area contributed by atoms with Crippen LogP contribution in [-0.4, -0.2) is 43.5 Å². The van der Waals surface area contributed by atoms with Crippen molar-refractivity contribution in [2.75, 3.05) is 14.2 Å². The van der Waals surface area contributed by atoms with Gasteiger partial charge in [0.15, 0.2) is 11.5 Å². The monoisotopic (exact) mass is 445 g/mol. The lowest BCUT2D eigenvalue weighted by atomic mass is 10.1. The molecule has 0 spiro atoms. The average Bonchev–Trinajstić information content (AvgIpc) is 2.73. The van der Waals surface area contributed by atoms with E-state index in [0.29, 0.717) is 11.3 Å². The highest BCUT2D eigenvalue weighted by Crippen LogP contribution is 2.36. The number of hydrogen-bond donors (Lipinski definition) is 1. The van der Waals surface area contributed by atoms with Crippen LogP contribution in [0.3, 0.4) is 0 Å². The second-order valence-corrected chi connectivity index (χ2v) is 7.27. The zero-order valence-corrected chi connectivity index (χ0v) is 18.4. The SMILES string of the molecule is COc1ccc(/C=C/C(=O)Oc2c(Cl)cc(C=NC(C(=O)O)C(C)C)cc2OC)cc1. The predicted molar refractivity (Wildman–Crippen MR) is 120 cm³/mol. The van der Waals surface area contributed by atoms with Gasteiger partial charge in [0.05, 0.1) is 19.2 Å². The average molecular weight is 446 g/mol. The third-order valence-electron chi connectivity index (χ3n) is 4.25. The number of benzene rings is 2. The van der Waals surface area contributed by atoms with E-state index >= 15 is 0 Å². The van der Waals surface area contributed by atoms with Crippen LogP contribution >= 0.6 is 11.6 Å². The van der Waals surface area contributed by atoms with E-state index in [1.807, 2.05) is 0 Å². The predicted octanol–water partition coefficient (Wildman–Crippen LogP) is 4.50. The Bertz CT molecular complexity index is 982. The molecule has 31 heavy (non-hydrogen) atoms. The van der Waals surface area contributed by atoms with Crippen molar-refractivity contribution < 1.29 is 28.9 Å². The highest BCUT2D eigenvalue weighted by Gasteiger charge is 2.20. The number of nitrogens with zero attached hydrogens (tertiary/aromatic N) is 1. The quantitative estimate of drug-likeness (QED) is 0.264. The summed E-state index contributed by atoms with van der Waals surface area (Å²) in [6.45, 7) is 3.54. The zero-order valence-electron chi connectivity index (χ0n) is 17.7. The number of methoxy groups -OCH3 is 2. The Labute approximate surface area is 185 Å². The van der Waals surface area contributed by atoms with E-state index in [2.05, 4.69) is 4.99 Å². The van der Waals surface area contributed by atoms with Gasteiger partial charge < -0.3 is 19.3 Å². The Morgan fingerprint density at radius 2 is 1.74 bits per heavy atom. The number of carbonyl (C=O) groups excluding carboxylic acids is 1. The van der Waals surface area contributed by atoms with Crippen LogP contribution < -0.4 is 14.2 Å². The van der Waals surface area contributed by atoms with Crippen molar-refractivity contribution in [2.24, 2.45) is 10.9 Å². The van der Waals surface area contributed by atoms with E-state index < -0.39 is 18.0 Å². The molecule has 0 aromatic heterocycles. The molecule has 0 aliphatic rings. The Hall–Kier alpha value is -3.32. The van der Waals surface area contributed by atoms with Crippen LogP contribution in [0, 0.1) is 5.92 Å². The summed E-state index contributed by atoms with van der Waals surface area (Å²) >= 11 is 6.28. The van der Waals surface area contributed by atoms with Gasteiger partial charge in [0, 0.05) is 12.3 Å². The molecule has 0 heterocycles. The molecule has 1 atom stereocenters. The van der Waals surface area contributed by atoms with Crippen molar-refractivity contribution in [3.8, 4) is 17.2 Å². The minimum atomic E-state index is -1.02. The summed E-state index contributed by atoms with van der Waals surface area (Å²) in [5, 5.41) is 9.37. The molecule has 0 saturated carbocycles. The number of carboxylic acid groups (broad SMARTS) is 1. The Morgan fingerprint density at radius 1 is 1.06 bits per heavy atom. The molecular formula is C23H24ClNO6. The van der Waals surface area contributed by atoms with E-state index in [9.17, 15) is 14.7 Å². The first-order valence-electron chi connectivity index (χ1n) is 9.42. The maximum atomic E-state index is 12.2. The fraction of sp³-hybridized carbons (Fsp3) is 0.261. The molecular weight excluding hydrogens is 422 g/mol. The summed E-state index contributed by atoms with van der Waals surface area (Å²) in [7, 11) is 2.98. The highest BCUT2D eigenvalue weighted by molar-refractivity contribution is 6.32. The number of hydrogen-bond acceptors (Lipinski definition) is 6. The van der Waals surface area contributed by atoms with Crippen molar-refractivity contribution in [3.05, 3.63) is 58.6 Å². The fourth-order valence-corrected chi connectivity index (χ4v) is 2.87. The van der Waals surface area contributed by atoms with Crippen molar-refractivity contribution in [2.45, 2.75) is 19.9 Å². The third kappa shape index (κ3) is 6.86. The molecule has 0 aliphatic carbocycles. The minimum Gasteiger partial charge on any atom is -0.497 e. The van der Waals surface area contributed by atoms with E-state index in [-0.39, 0.29) is 22.4 Å². The van der Waals surface area contributed by atoms with E-state index in [1.165, 1.54) is 25.5 Å². The molecule has 0 fully saturated rings. The van der Waals surface area contributed by atoms with Crippen molar-refractivity contribution in [1.29, 1.82) is 0 Å². The first-order chi connectivity index (χ1) is 14.7. The normalized spacial score (nSPS) is 12.3. The molecule has 2 aromatic rings. The molecule has 0 amide bonds. The molecule has 0 saturated heterocycles. The van der Waals surface area contributed by atoms with Crippen LogP contribution in [0.25, 0.3) is 6.08 Å². The molecule has 164 valence electrons. The number of halogens is 1. The number of carbonyl (C=O) groups is 2. The summed E-state index contributed by atoms with van der Waals surface area (Å²) in [5.41, 5.74) is 1.31. The van der Waals surface area contributed by atoms with Gasteiger partial charge in [-0.3, -0.25) is 4.99 Å². The maximum Gasteiger partial charge on any atom is 0.336 e. The van der Waals surface area contributed by atoms with Gasteiger partial charge in [-0.15, -0.1) is 0 Å². The molecule has 0 bridgehead atoms. The first kappa shape index (κ1) is 24.0. The number of ether oxygens (including phenoxy) is 3. The van der Waals surface area contributed by atoms with Gasteiger partial charge in [0.2, 0.25) is 0 Å². The standard InChI is InChI=1S/C23H24ClNO6/c1-14(2)21(23(27)28)25-13-16-11-18(24)22(19(12-16)30-4)31-20(26)10-7-15-5-8-17(29-3)9-6-15/h5-14,21H,1-4H3,(H,27,28)/b10-7+,25-13?. The van der Waals surface area contributed by atoms with Gasteiger partial charge in [-0.2, -0.15) is 0 Å². The molecule has 8 heteroatoms. The molecule has 1 N–H and O–H groups in total. The second kappa shape index (κ2) is 11.2. The molecule has 1 unspecified atom stereocenters. The molecule has 2 aromatic carbocycles. The van der Waals surface area contributed by atoms with Gasteiger partial charge in [-0.05, 0) is 47.4 Å². The van der Waals surface area contributed by atoms with E-state index in [0.717, 1.165) is 5.56 Å². The van der Waals surface area contributed by atoms with Gasteiger partial charge >= 0.3 is 11.9 Å². The van der Waals surface area contributed by atoms with Crippen molar-refractivity contribution >= 4 is 35.8 Å². The topological polar surface area (TPSA) is 94.4 Å². The summed E-state index contributed by atoms with van der Waals surface area (Å²) in [5.74, 6) is -0.839. The molecule has 0 radical (unpaired) electrons. The summed E-state index contributed by atoms with van der Waals surface area (Å²) in [6, 6.07) is 9.34. The Kier molecular flexibility index (Phi) is 8.63. The smallest absolute Gasteiger partial charge is 0.336 e. The highest BCUT2D eigenvalue weighted by atomic mass is 35.5. The van der Waals surface area contributed by atoms with Crippen LogP contribution in [-0.2, 0) is 9.59 Å². The van der Waals surface area contributed by atoms with Gasteiger partial charge in [0.25, 0.3) is 0 Å². The largest absolute Gasteiger partial charge is 0.497 e. The third-order valence-corrected chi connectivity index (χ3v) is 4.53. The summed E-state index contributed by atoms with van der Waals surface area (Å²) in [6.07, 6.45) is 4.27. The number of aliphatic carboxylic acids is 1. The fourth-order valence-electron chi connectivity index (χ4n) is 2.61. The van der Waals surface area contributed by atoms with Crippen LogP contribution in [0.5, 0.6) is 17.2 Å². The Balaban J connectivity index is 2.18. The van der Waals surface area contributed by atoms with E-state index in [1.54, 1.807) is 57.4 Å². The number of carboxylic acids is 1. The lowest BCUT2D eigenvalue weighted by Gasteiger charge is -2.12. The first-order valence-corrected chi connectivity index (χ1v) is 9.80. The summed E-state index contributed by atoms with van der Waals surface area (Å²) in [4.78, 5) is 27.6. The van der Waals surface area contributed by atoms with Gasteiger partial charge in [0.1, 0.15) is 11.8 Å². The van der Waals surface area contributed by atoms with Crippen LogP contribution in [0.4, 0.5) is 0 Å². The zero-order chi connectivity index (χ0) is 23.0. The lowest BCUT2D eigenvalue weighted by molar-refractivity contribution is -0.139. The summed E-state index contributed by atoms with van der Waals surface area (Å²) < 4.78 is 15.7. The van der Waals surface area contributed by atoms with E-state index in [4.69, 9.17) is 25.8 Å². The van der Waals surface area contributed by atoms with Gasteiger partial charge in [-0.1, -0.05) is 37.6 Å². The maximum absolute atomic E-state index is 12.2. The molecule has 7 nitrogen and oxygen atoms in total.